The minimum Gasteiger partial charge on any atom is -0.396 e. The predicted molar refractivity (Wildman–Crippen MR) is 67.9 cm³/mol. The van der Waals surface area contributed by atoms with Crippen molar-refractivity contribution in [3.8, 4) is 0 Å². The molecule has 0 aliphatic carbocycles. The van der Waals surface area contributed by atoms with Gasteiger partial charge >= 0.3 is 0 Å². The molecule has 0 radical (unpaired) electrons. The second kappa shape index (κ2) is 9.49. The number of aliphatic hydroxyl groups is 2. The molecule has 1 aromatic carbocycles. The van der Waals surface area contributed by atoms with Crippen molar-refractivity contribution in [3.63, 3.8) is 0 Å². The number of hydrogen-bond donors (Lipinski definition) is 4. The first-order valence-electron chi connectivity index (χ1n) is 5.46. The Bertz CT molecular complexity index is 371. The molecular formula is C11H19N3O4. The molecule has 18 heavy (non-hydrogen) atoms. The van der Waals surface area contributed by atoms with Crippen molar-refractivity contribution < 1.29 is 15.1 Å². The van der Waals surface area contributed by atoms with Crippen LogP contribution in [0.3, 0.4) is 0 Å². The van der Waals surface area contributed by atoms with Gasteiger partial charge in [-0.15, -0.1) is 0 Å². The van der Waals surface area contributed by atoms with Gasteiger partial charge in [0.15, 0.2) is 0 Å². The Balaban J connectivity index is 0.000000873. The van der Waals surface area contributed by atoms with Crippen molar-refractivity contribution in [2.45, 2.75) is 12.8 Å². The van der Waals surface area contributed by atoms with E-state index in [0.717, 1.165) is 5.56 Å². The number of rotatable bonds is 5. The van der Waals surface area contributed by atoms with E-state index in [2.05, 4.69) is 11.3 Å². The van der Waals surface area contributed by atoms with Crippen LogP contribution in [0.25, 0.3) is 0 Å². The predicted octanol–water partition coefficient (Wildman–Crippen LogP) is -0.256. The summed E-state index contributed by atoms with van der Waals surface area (Å²) in [6, 6.07) is 4.69. The first-order valence-corrected chi connectivity index (χ1v) is 5.46. The number of nitrogens with one attached hydrogen (secondary N) is 1. The van der Waals surface area contributed by atoms with Crippen LogP contribution < -0.4 is 11.3 Å². The molecule has 0 aliphatic heterocycles. The number of hydrogen-bond acceptors (Lipinski definition) is 6. The van der Waals surface area contributed by atoms with Gasteiger partial charge in [-0.25, -0.2) is 0 Å². The van der Waals surface area contributed by atoms with Crippen LogP contribution in [0.5, 0.6) is 0 Å². The van der Waals surface area contributed by atoms with Crippen LogP contribution in [-0.2, 0) is 12.8 Å². The third-order valence-electron chi connectivity index (χ3n) is 2.12. The molecule has 0 bridgehead atoms. The third kappa shape index (κ3) is 5.69. The molecule has 0 heterocycles. The summed E-state index contributed by atoms with van der Waals surface area (Å²) < 4.78 is 0. The van der Waals surface area contributed by atoms with Crippen molar-refractivity contribution in [2.24, 2.45) is 5.84 Å². The maximum Gasteiger partial charge on any atom is 0.272 e. The monoisotopic (exact) mass is 257 g/mol. The standard InChI is InChI=1S/C10H13NO4.CH6N2/c12-5-3-8-1-2-10(11(14)15)9(7-8)4-6-13;1-3-2/h1-2,7,12-13H,3-6H2;3H,2H2,1H3. The Morgan fingerprint density at radius 3 is 2.33 bits per heavy atom. The molecule has 0 saturated heterocycles. The zero-order valence-corrected chi connectivity index (χ0v) is 10.3. The topological polar surface area (TPSA) is 122 Å². The van der Waals surface area contributed by atoms with Crippen LogP contribution in [-0.4, -0.2) is 35.4 Å². The van der Waals surface area contributed by atoms with E-state index in [1.807, 2.05) is 0 Å². The molecule has 102 valence electrons. The quantitative estimate of drug-likeness (QED) is 0.327. The Labute approximate surface area is 105 Å². The zero-order valence-electron chi connectivity index (χ0n) is 10.3. The second-order valence-electron chi connectivity index (χ2n) is 3.46. The minimum absolute atomic E-state index is 0.0103. The van der Waals surface area contributed by atoms with Crippen LogP contribution in [0.4, 0.5) is 5.69 Å². The van der Waals surface area contributed by atoms with Crippen molar-refractivity contribution >= 4 is 5.69 Å². The lowest BCUT2D eigenvalue weighted by molar-refractivity contribution is -0.385. The number of nitro groups is 1. The first-order chi connectivity index (χ1) is 8.60. The molecule has 0 unspecified atom stereocenters. The van der Waals surface area contributed by atoms with Crippen LogP contribution >= 0.6 is 0 Å². The first kappa shape index (κ1) is 16.5. The van der Waals surface area contributed by atoms with E-state index in [9.17, 15) is 10.1 Å². The van der Waals surface area contributed by atoms with Crippen molar-refractivity contribution in [2.75, 3.05) is 20.3 Å². The Hall–Kier alpha value is -1.54. The van der Waals surface area contributed by atoms with Crippen molar-refractivity contribution in [3.05, 3.63) is 39.4 Å². The number of benzene rings is 1. The molecule has 0 atom stereocenters. The molecule has 0 aromatic heterocycles. The highest BCUT2D eigenvalue weighted by Gasteiger charge is 2.13. The SMILES string of the molecule is CNN.O=[N+]([O-])c1ccc(CCO)cc1CCO. The molecule has 0 amide bonds. The third-order valence-corrected chi connectivity index (χ3v) is 2.12. The van der Waals surface area contributed by atoms with Gasteiger partial charge in [-0.1, -0.05) is 6.07 Å². The van der Waals surface area contributed by atoms with Crippen LogP contribution in [0, 0.1) is 10.1 Å². The summed E-state index contributed by atoms with van der Waals surface area (Å²) in [6.45, 7) is -0.111. The van der Waals surface area contributed by atoms with Crippen LogP contribution in [0.15, 0.2) is 18.2 Å². The number of nitrogens with two attached hydrogens (primary N) is 1. The second-order valence-corrected chi connectivity index (χ2v) is 3.46. The molecule has 5 N–H and O–H groups in total. The van der Waals surface area contributed by atoms with E-state index < -0.39 is 4.92 Å². The van der Waals surface area contributed by atoms with E-state index in [0.29, 0.717) is 12.0 Å². The smallest absolute Gasteiger partial charge is 0.272 e. The Morgan fingerprint density at radius 1 is 1.33 bits per heavy atom. The normalized spacial score (nSPS) is 9.56. The molecule has 0 saturated carbocycles. The van der Waals surface area contributed by atoms with Gasteiger partial charge in [-0.2, -0.15) is 0 Å². The van der Waals surface area contributed by atoms with E-state index in [-0.39, 0.29) is 25.3 Å². The van der Waals surface area contributed by atoms with E-state index >= 15 is 0 Å². The Morgan fingerprint density at radius 2 is 1.89 bits per heavy atom. The summed E-state index contributed by atoms with van der Waals surface area (Å²) in [5.74, 6) is 4.60. The average Bonchev–Trinajstić information content (AvgIpc) is 2.31. The summed E-state index contributed by atoms with van der Waals surface area (Å²) in [5.41, 5.74) is 3.62. The average molecular weight is 257 g/mol. The van der Waals surface area contributed by atoms with Gasteiger partial charge in [0, 0.05) is 31.3 Å². The highest BCUT2D eigenvalue weighted by molar-refractivity contribution is 5.43. The largest absolute Gasteiger partial charge is 0.396 e. The van der Waals surface area contributed by atoms with Gasteiger partial charge in [-0.3, -0.25) is 21.4 Å². The van der Waals surface area contributed by atoms with Crippen molar-refractivity contribution in [1.82, 2.24) is 5.43 Å². The number of hydrazine groups is 1. The van der Waals surface area contributed by atoms with E-state index in [1.165, 1.54) is 6.07 Å². The number of nitrogens with zero attached hydrogens (tertiary/aromatic N) is 1. The fourth-order valence-electron chi connectivity index (χ4n) is 1.42. The van der Waals surface area contributed by atoms with Gasteiger partial charge in [0.05, 0.1) is 4.92 Å². The van der Waals surface area contributed by atoms with E-state index in [1.54, 1.807) is 19.2 Å². The molecule has 0 fully saturated rings. The molecule has 1 aromatic rings. The van der Waals surface area contributed by atoms with Gasteiger partial charge in [-0.05, 0) is 25.1 Å². The fraction of sp³-hybridized carbons (Fsp3) is 0.455. The number of nitro benzene ring substituents is 1. The highest BCUT2D eigenvalue weighted by atomic mass is 16.6. The van der Waals surface area contributed by atoms with Gasteiger partial charge in [0.2, 0.25) is 0 Å². The van der Waals surface area contributed by atoms with Gasteiger partial charge in [0.1, 0.15) is 0 Å². The summed E-state index contributed by atoms with van der Waals surface area (Å²) in [4.78, 5) is 10.2. The molecule has 1 rings (SSSR count). The van der Waals surface area contributed by atoms with Crippen LogP contribution in [0.2, 0.25) is 0 Å². The molecule has 7 nitrogen and oxygen atoms in total. The summed E-state index contributed by atoms with van der Waals surface area (Å²) in [7, 11) is 1.65. The minimum atomic E-state index is -0.465. The fourth-order valence-corrected chi connectivity index (χ4v) is 1.42. The van der Waals surface area contributed by atoms with Gasteiger partial charge < -0.3 is 10.2 Å². The highest BCUT2D eigenvalue weighted by Crippen LogP contribution is 2.20. The molecular weight excluding hydrogens is 238 g/mol. The molecule has 0 aliphatic rings. The lowest BCUT2D eigenvalue weighted by Crippen LogP contribution is -2.13. The molecule has 7 heteroatoms. The van der Waals surface area contributed by atoms with Gasteiger partial charge in [0.25, 0.3) is 5.69 Å². The lowest BCUT2D eigenvalue weighted by Gasteiger charge is -2.04. The summed E-state index contributed by atoms with van der Waals surface area (Å²) in [5, 5.41) is 28.2. The Kier molecular flexibility index (Phi) is 8.67. The maximum absolute atomic E-state index is 10.6. The van der Waals surface area contributed by atoms with Crippen molar-refractivity contribution in [1.29, 1.82) is 0 Å². The van der Waals surface area contributed by atoms with E-state index in [4.69, 9.17) is 10.2 Å². The lowest BCUT2D eigenvalue weighted by atomic mass is 10.0. The van der Waals surface area contributed by atoms with Crippen LogP contribution in [0.1, 0.15) is 11.1 Å². The summed E-state index contributed by atoms with van der Waals surface area (Å²) in [6.07, 6.45) is 0.728. The zero-order chi connectivity index (χ0) is 14.0. The molecule has 0 spiro atoms. The summed E-state index contributed by atoms with van der Waals surface area (Å²) >= 11 is 0. The number of aliphatic hydroxyl groups excluding tert-OH is 2. The maximum atomic E-state index is 10.6.